The van der Waals surface area contributed by atoms with Crippen LogP contribution in [0.15, 0.2) is 47.4 Å². The summed E-state index contributed by atoms with van der Waals surface area (Å²) in [5, 5.41) is 9.72. The van der Waals surface area contributed by atoms with Gasteiger partial charge in [-0.05, 0) is 24.3 Å². The van der Waals surface area contributed by atoms with Crippen LogP contribution in [0, 0.1) is 0 Å². The third-order valence-corrected chi connectivity index (χ3v) is 6.14. The van der Waals surface area contributed by atoms with E-state index in [-0.39, 0.29) is 31.2 Å². The van der Waals surface area contributed by atoms with E-state index in [2.05, 4.69) is 4.72 Å². The van der Waals surface area contributed by atoms with E-state index in [1.54, 1.807) is 0 Å². The van der Waals surface area contributed by atoms with Gasteiger partial charge < -0.3 is 5.11 Å². The first-order valence-electron chi connectivity index (χ1n) is 7.25. The molecule has 2 N–H and O–H groups in total. The van der Waals surface area contributed by atoms with E-state index in [9.17, 15) is 23.1 Å². The molecule has 142 valence electrons. The smallest absolute Gasteiger partial charge is 0.263 e. The lowest BCUT2D eigenvalue weighted by Gasteiger charge is -2.12. The molecule has 2 rings (SSSR count). The number of halogens is 3. The van der Waals surface area contributed by atoms with E-state index in [0.717, 1.165) is 13.0 Å². The standard InChI is InChI=1S/C17H12Cl3NO5S/c1-9(22)13(23)8-14(24)10-3-2-4-11(7-10)21-27(25,26)15-6-5-12(18)16(19)17(15)20/h2-8,21,24H,1H3/b14-8-. The maximum atomic E-state index is 12.6. The van der Waals surface area contributed by atoms with Gasteiger partial charge in [-0.3, -0.25) is 14.3 Å². The highest BCUT2D eigenvalue weighted by Crippen LogP contribution is 2.35. The van der Waals surface area contributed by atoms with Crippen LogP contribution in [0.5, 0.6) is 0 Å². The molecule has 0 spiro atoms. The topological polar surface area (TPSA) is 101 Å². The second-order valence-electron chi connectivity index (χ2n) is 5.31. The Labute approximate surface area is 170 Å². The Balaban J connectivity index is 2.37. The molecule has 0 radical (unpaired) electrons. The van der Waals surface area contributed by atoms with Gasteiger partial charge in [-0.25, -0.2) is 8.42 Å². The number of aliphatic hydroxyl groups excluding tert-OH is 1. The number of benzene rings is 2. The predicted molar refractivity (Wildman–Crippen MR) is 105 cm³/mol. The molecule has 27 heavy (non-hydrogen) atoms. The minimum absolute atomic E-state index is 0.0878. The number of Topliss-reactive ketones (excluding diaryl/α,β-unsaturated/α-hetero) is 1. The molecule has 10 heteroatoms. The number of carbonyl (C=O) groups excluding carboxylic acids is 2. The number of carbonyl (C=O) groups is 2. The number of anilines is 1. The van der Waals surface area contributed by atoms with Crippen LogP contribution in [-0.2, 0) is 19.6 Å². The zero-order chi connectivity index (χ0) is 20.4. The fourth-order valence-electron chi connectivity index (χ4n) is 1.98. The number of hydrogen-bond acceptors (Lipinski definition) is 5. The van der Waals surface area contributed by atoms with Crippen LogP contribution >= 0.6 is 34.8 Å². The van der Waals surface area contributed by atoms with Gasteiger partial charge in [0.15, 0.2) is 5.78 Å². The van der Waals surface area contributed by atoms with Crippen molar-refractivity contribution in [1.82, 2.24) is 0 Å². The van der Waals surface area contributed by atoms with Gasteiger partial charge in [-0.2, -0.15) is 0 Å². The van der Waals surface area contributed by atoms with Gasteiger partial charge in [0.2, 0.25) is 5.78 Å². The molecule has 0 saturated heterocycles. The molecule has 0 aliphatic rings. The number of allylic oxidation sites excluding steroid dienone is 1. The van der Waals surface area contributed by atoms with E-state index in [0.29, 0.717) is 0 Å². The Morgan fingerprint density at radius 1 is 1.07 bits per heavy atom. The summed E-state index contributed by atoms with van der Waals surface area (Å²) in [6.45, 7) is 1.07. The molecule has 6 nitrogen and oxygen atoms in total. The molecule has 0 aromatic heterocycles. The number of rotatable bonds is 6. The quantitative estimate of drug-likeness (QED) is 0.293. The minimum Gasteiger partial charge on any atom is -0.507 e. The van der Waals surface area contributed by atoms with Crippen LogP contribution in [0.4, 0.5) is 5.69 Å². The Morgan fingerprint density at radius 2 is 1.74 bits per heavy atom. The highest BCUT2D eigenvalue weighted by molar-refractivity contribution is 7.92. The zero-order valence-corrected chi connectivity index (χ0v) is 16.7. The highest BCUT2D eigenvalue weighted by Gasteiger charge is 2.21. The van der Waals surface area contributed by atoms with Gasteiger partial charge in [0.25, 0.3) is 10.0 Å². The van der Waals surface area contributed by atoms with Crippen LogP contribution < -0.4 is 4.72 Å². The number of aliphatic hydroxyl groups is 1. The number of nitrogens with one attached hydrogen (secondary N) is 1. The second kappa shape index (κ2) is 8.31. The third kappa shape index (κ3) is 5.01. The molecule has 0 atom stereocenters. The first-order chi connectivity index (χ1) is 12.5. The monoisotopic (exact) mass is 447 g/mol. The lowest BCUT2D eigenvalue weighted by Crippen LogP contribution is -2.14. The molecule has 2 aromatic rings. The van der Waals surface area contributed by atoms with Crippen molar-refractivity contribution in [2.45, 2.75) is 11.8 Å². The summed E-state index contributed by atoms with van der Waals surface area (Å²) >= 11 is 17.6. The maximum Gasteiger partial charge on any atom is 0.263 e. The van der Waals surface area contributed by atoms with E-state index in [4.69, 9.17) is 34.8 Å². The van der Waals surface area contributed by atoms with Gasteiger partial charge in [0.05, 0.1) is 15.1 Å². The van der Waals surface area contributed by atoms with Gasteiger partial charge in [0, 0.05) is 24.3 Å². The molecule has 0 unspecified atom stereocenters. The summed E-state index contributed by atoms with van der Waals surface area (Å²) in [6, 6.07) is 8.08. The maximum absolute atomic E-state index is 12.6. The molecule has 2 aromatic carbocycles. The first kappa shape index (κ1) is 21.2. The van der Waals surface area contributed by atoms with Crippen molar-refractivity contribution in [2.75, 3.05) is 4.72 Å². The van der Waals surface area contributed by atoms with E-state index in [1.807, 2.05) is 0 Å². The van der Waals surface area contributed by atoms with Gasteiger partial charge >= 0.3 is 0 Å². The summed E-state index contributed by atoms with van der Waals surface area (Å²) in [7, 11) is -4.11. The largest absolute Gasteiger partial charge is 0.507 e. The zero-order valence-electron chi connectivity index (χ0n) is 13.7. The van der Waals surface area contributed by atoms with Crippen molar-refractivity contribution >= 4 is 67.8 Å². The molecule has 0 aliphatic carbocycles. The lowest BCUT2D eigenvalue weighted by molar-refractivity contribution is -0.132. The molecule has 0 heterocycles. The molecular formula is C17H12Cl3NO5S. The van der Waals surface area contributed by atoms with Crippen LogP contribution in [0.1, 0.15) is 12.5 Å². The van der Waals surface area contributed by atoms with Crippen molar-refractivity contribution < 1.29 is 23.1 Å². The summed E-state index contributed by atoms with van der Waals surface area (Å²) in [6.07, 6.45) is 0.756. The Bertz CT molecular complexity index is 1060. The van der Waals surface area contributed by atoms with Gasteiger partial charge in [-0.1, -0.05) is 46.9 Å². The van der Waals surface area contributed by atoms with Crippen molar-refractivity contribution in [1.29, 1.82) is 0 Å². The second-order valence-corrected chi connectivity index (χ2v) is 8.12. The van der Waals surface area contributed by atoms with E-state index >= 15 is 0 Å². The third-order valence-electron chi connectivity index (χ3n) is 3.31. The van der Waals surface area contributed by atoms with Crippen LogP contribution in [0.25, 0.3) is 5.76 Å². The summed E-state index contributed by atoms with van der Waals surface area (Å²) in [4.78, 5) is 22.1. The number of hydrogen-bond donors (Lipinski definition) is 2. The van der Waals surface area contributed by atoms with Crippen molar-refractivity contribution in [3.8, 4) is 0 Å². The number of sulfonamides is 1. The fraction of sp³-hybridized carbons (Fsp3) is 0.0588. The summed E-state index contributed by atoms with van der Waals surface area (Å²) in [5.74, 6) is -2.11. The first-order valence-corrected chi connectivity index (χ1v) is 9.87. The van der Waals surface area contributed by atoms with Crippen molar-refractivity contribution in [3.63, 3.8) is 0 Å². The average Bonchev–Trinajstić information content (AvgIpc) is 2.59. The minimum atomic E-state index is -4.11. The number of ketones is 2. The lowest BCUT2D eigenvalue weighted by atomic mass is 10.1. The fourth-order valence-corrected chi connectivity index (χ4v) is 4.01. The summed E-state index contributed by atoms with van der Waals surface area (Å²) < 4.78 is 27.4. The van der Waals surface area contributed by atoms with Crippen LogP contribution in [0.3, 0.4) is 0 Å². The Morgan fingerprint density at radius 3 is 2.37 bits per heavy atom. The Hall–Kier alpha value is -2.06. The van der Waals surface area contributed by atoms with Crippen LogP contribution in [0.2, 0.25) is 15.1 Å². The van der Waals surface area contributed by atoms with Crippen LogP contribution in [-0.4, -0.2) is 25.1 Å². The van der Waals surface area contributed by atoms with Gasteiger partial charge in [0.1, 0.15) is 10.7 Å². The molecule has 0 fully saturated rings. The molecule has 0 saturated carbocycles. The van der Waals surface area contributed by atoms with Crippen molar-refractivity contribution in [2.24, 2.45) is 0 Å². The molecule has 0 amide bonds. The van der Waals surface area contributed by atoms with E-state index < -0.39 is 27.3 Å². The molecular weight excluding hydrogens is 437 g/mol. The molecule has 0 bridgehead atoms. The Kier molecular flexibility index (Phi) is 6.54. The SMILES string of the molecule is CC(=O)C(=O)/C=C(\O)c1cccc(NS(=O)(=O)c2ccc(Cl)c(Cl)c2Cl)c1. The van der Waals surface area contributed by atoms with Gasteiger partial charge in [-0.15, -0.1) is 0 Å². The summed E-state index contributed by atoms with van der Waals surface area (Å²) in [5.41, 5.74) is 0.217. The van der Waals surface area contributed by atoms with E-state index in [1.165, 1.54) is 36.4 Å². The highest BCUT2D eigenvalue weighted by atomic mass is 35.5. The molecule has 0 aliphatic heterocycles. The predicted octanol–water partition coefficient (Wildman–Crippen LogP) is 4.50. The average molecular weight is 449 g/mol. The normalized spacial score (nSPS) is 11.9. The van der Waals surface area contributed by atoms with Crippen molar-refractivity contribution in [3.05, 3.63) is 63.1 Å².